The van der Waals surface area contributed by atoms with Gasteiger partial charge in [0.05, 0.1) is 6.42 Å². The lowest BCUT2D eigenvalue weighted by atomic mass is 9.97. The van der Waals surface area contributed by atoms with Crippen molar-refractivity contribution in [3.05, 3.63) is 0 Å². The van der Waals surface area contributed by atoms with Crippen LogP contribution >= 0.6 is 0 Å². The fraction of sp³-hybridized carbons (Fsp3) is 0.778. The zero-order valence-electron chi connectivity index (χ0n) is 6.60. The summed E-state index contributed by atoms with van der Waals surface area (Å²) in [5.41, 5.74) is 0. The summed E-state index contributed by atoms with van der Waals surface area (Å²) in [7, 11) is 0. The van der Waals surface area contributed by atoms with Gasteiger partial charge in [-0.15, -0.1) is 0 Å². The van der Waals surface area contributed by atoms with Crippen molar-refractivity contribution in [2.24, 2.45) is 23.7 Å². The molecule has 64 valence electrons. The summed E-state index contributed by atoms with van der Waals surface area (Å²) < 4.78 is 5.12. The van der Waals surface area contributed by atoms with Crippen LogP contribution in [0.1, 0.15) is 12.8 Å². The van der Waals surface area contributed by atoms with E-state index in [1.54, 1.807) is 0 Å². The maximum Gasteiger partial charge on any atom is 0.306 e. The Morgan fingerprint density at radius 3 is 3.00 bits per heavy atom. The summed E-state index contributed by atoms with van der Waals surface area (Å²) in [6.07, 6.45) is 2.69. The molecule has 5 atom stereocenters. The molecule has 0 spiro atoms. The first-order valence-corrected chi connectivity index (χ1v) is 4.46. The first-order chi connectivity index (χ1) is 5.81. The van der Waals surface area contributed by atoms with Crippen molar-refractivity contribution in [1.29, 1.82) is 0 Å². The van der Waals surface area contributed by atoms with Crippen molar-refractivity contribution in [3.8, 4) is 0 Å². The van der Waals surface area contributed by atoms with Gasteiger partial charge in [0, 0.05) is 11.8 Å². The predicted octanol–water partition coefficient (Wildman–Crippen LogP) is 0.383. The average Bonchev–Trinajstić information content (AvgIpc) is 2.40. The minimum atomic E-state index is -0.0694. The van der Waals surface area contributed by atoms with Crippen LogP contribution in [0.25, 0.3) is 0 Å². The highest BCUT2D eigenvalue weighted by Gasteiger charge is 2.64. The summed E-state index contributed by atoms with van der Waals surface area (Å²) in [6, 6.07) is 0. The second-order valence-electron chi connectivity index (χ2n) is 4.09. The van der Waals surface area contributed by atoms with E-state index in [0.717, 1.165) is 12.7 Å². The molecule has 3 rings (SSSR count). The molecular weight excluding hydrogens is 156 g/mol. The van der Waals surface area contributed by atoms with E-state index in [0.29, 0.717) is 24.2 Å². The molecule has 3 heteroatoms. The smallest absolute Gasteiger partial charge is 0.306 e. The highest BCUT2D eigenvalue weighted by atomic mass is 16.6. The average molecular weight is 166 g/mol. The Hall–Kier alpha value is -0.860. The number of fused-ring (bicyclic) bond motifs is 3. The molecule has 2 aliphatic carbocycles. The van der Waals surface area contributed by atoms with Gasteiger partial charge in [-0.1, -0.05) is 0 Å². The van der Waals surface area contributed by atoms with Crippen molar-refractivity contribution in [3.63, 3.8) is 0 Å². The van der Waals surface area contributed by atoms with Gasteiger partial charge in [0.25, 0.3) is 0 Å². The first-order valence-electron chi connectivity index (χ1n) is 4.46. The molecule has 3 nitrogen and oxygen atoms in total. The van der Waals surface area contributed by atoms with E-state index in [2.05, 4.69) is 0 Å². The molecule has 1 heterocycles. The van der Waals surface area contributed by atoms with Crippen LogP contribution in [0.4, 0.5) is 0 Å². The van der Waals surface area contributed by atoms with Gasteiger partial charge in [0.1, 0.15) is 12.4 Å². The summed E-state index contributed by atoms with van der Waals surface area (Å²) in [4.78, 5) is 21.4. The summed E-state index contributed by atoms with van der Waals surface area (Å²) in [5, 5.41) is 0. The van der Waals surface area contributed by atoms with Crippen LogP contribution in [0.3, 0.4) is 0 Å². The van der Waals surface area contributed by atoms with E-state index in [1.807, 2.05) is 0 Å². The number of hydrogen-bond acceptors (Lipinski definition) is 3. The number of aldehydes is 1. The molecule has 0 aromatic heterocycles. The Balaban J connectivity index is 1.81. The molecule has 0 aromatic rings. The molecule has 3 fully saturated rings. The first kappa shape index (κ1) is 6.63. The van der Waals surface area contributed by atoms with Crippen LogP contribution in [0.2, 0.25) is 0 Å². The quantitative estimate of drug-likeness (QED) is 0.418. The van der Waals surface area contributed by atoms with Gasteiger partial charge in [-0.05, 0) is 18.3 Å². The number of ether oxygens (including phenoxy) is 1. The number of carbonyl (C=O) groups is 2. The van der Waals surface area contributed by atoms with E-state index in [-0.39, 0.29) is 18.0 Å². The molecule has 3 aliphatic rings. The number of esters is 1. The van der Waals surface area contributed by atoms with Gasteiger partial charge in [-0.2, -0.15) is 0 Å². The lowest BCUT2D eigenvalue weighted by Crippen LogP contribution is -2.15. The molecule has 2 saturated carbocycles. The topological polar surface area (TPSA) is 43.4 Å². The lowest BCUT2D eigenvalue weighted by molar-refractivity contribution is -0.141. The Morgan fingerprint density at radius 2 is 2.25 bits per heavy atom. The van der Waals surface area contributed by atoms with Crippen molar-refractivity contribution in [1.82, 2.24) is 0 Å². The standard InChI is InChI=1S/C9H10O3/c10-3-6-4-1-7-5(9(4)6)2-8(11)12-7/h3-7,9H,1-2H2/t4-,5+,6+,7+,9+/m1/s1. The van der Waals surface area contributed by atoms with Gasteiger partial charge in [0.15, 0.2) is 0 Å². The lowest BCUT2D eigenvalue weighted by Gasteiger charge is -2.10. The van der Waals surface area contributed by atoms with Crippen LogP contribution in [0, 0.1) is 23.7 Å². The van der Waals surface area contributed by atoms with Gasteiger partial charge in [-0.25, -0.2) is 0 Å². The molecule has 0 unspecified atom stereocenters. The zero-order valence-corrected chi connectivity index (χ0v) is 6.60. The molecule has 1 aliphatic heterocycles. The second kappa shape index (κ2) is 1.90. The molecule has 0 aromatic carbocycles. The van der Waals surface area contributed by atoms with Crippen molar-refractivity contribution in [2.45, 2.75) is 18.9 Å². The third-order valence-corrected chi connectivity index (χ3v) is 3.61. The number of rotatable bonds is 1. The Bertz CT molecular complexity index is 260. The van der Waals surface area contributed by atoms with E-state index in [4.69, 9.17) is 4.74 Å². The maximum absolute atomic E-state index is 10.9. The molecule has 0 N–H and O–H groups in total. The Labute approximate surface area is 70.1 Å². The van der Waals surface area contributed by atoms with Crippen molar-refractivity contribution in [2.75, 3.05) is 0 Å². The molecule has 0 radical (unpaired) electrons. The van der Waals surface area contributed by atoms with Gasteiger partial charge in [0.2, 0.25) is 0 Å². The second-order valence-corrected chi connectivity index (χ2v) is 4.09. The summed E-state index contributed by atoms with van der Waals surface area (Å²) in [6.45, 7) is 0. The van der Waals surface area contributed by atoms with Crippen molar-refractivity contribution >= 4 is 12.3 Å². The Kier molecular flexibility index (Phi) is 1.05. The van der Waals surface area contributed by atoms with Crippen molar-refractivity contribution < 1.29 is 14.3 Å². The molecule has 0 amide bonds. The predicted molar refractivity (Wildman–Crippen MR) is 39.1 cm³/mol. The van der Waals surface area contributed by atoms with Gasteiger partial charge >= 0.3 is 5.97 Å². The highest BCUT2D eigenvalue weighted by molar-refractivity contribution is 5.73. The molecule has 0 bridgehead atoms. The minimum absolute atomic E-state index is 0.0694. The SMILES string of the molecule is O=C[C@H]1[C@H]2C[C@@H]3OC(=O)C[C@@H]3[C@@H]12. The Morgan fingerprint density at radius 1 is 1.42 bits per heavy atom. The normalized spacial score (nSPS) is 54.3. The van der Waals surface area contributed by atoms with Crippen LogP contribution < -0.4 is 0 Å². The molecular formula is C9H10O3. The number of hydrogen-bond donors (Lipinski definition) is 0. The zero-order chi connectivity index (χ0) is 8.29. The van der Waals surface area contributed by atoms with E-state index < -0.39 is 0 Å². The van der Waals surface area contributed by atoms with E-state index >= 15 is 0 Å². The summed E-state index contributed by atoms with van der Waals surface area (Å²) >= 11 is 0. The largest absolute Gasteiger partial charge is 0.462 e. The van der Waals surface area contributed by atoms with Crippen LogP contribution in [0.5, 0.6) is 0 Å². The fourth-order valence-corrected chi connectivity index (χ4v) is 3.04. The van der Waals surface area contributed by atoms with Crippen LogP contribution in [-0.2, 0) is 14.3 Å². The number of carbonyl (C=O) groups excluding carboxylic acids is 2. The third kappa shape index (κ3) is 0.625. The van der Waals surface area contributed by atoms with Crippen LogP contribution in [-0.4, -0.2) is 18.4 Å². The van der Waals surface area contributed by atoms with Gasteiger partial charge < -0.3 is 9.53 Å². The maximum atomic E-state index is 10.9. The third-order valence-electron chi connectivity index (χ3n) is 3.61. The van der Waals surface area contributed by atoms with Gasteiger partial charge in [-0.3, -0.25) is 4.79 Å². The molecule has 1 saturated heterocycles. The highest BCUT2D eigenvalue weighted by Crippen LogP contribution is 2.62. The monoisotopic (exact) mass is 166 g/mol. The summed E-state index contributed by atoms with van der Waals surface area (Å²) in [5.74, 6) is 1.59. The fourth-order valence-electron chi connectivity index (χ4n) is 3.04. The van der Waals surface area contributed by atoms with E-state index in [9.17, 15) is 9.59 Å². The van der Waals surface area contributed by atoms with Crippen LogP contribution in [0.15, 0.2) is 0 Å². The van der Waals surface area contributed by atoms with E-state index in [1.165, 1.54) is 0 Å². The molecule has 12 heavy (non-hydrogen) atoms. The minimum Gasteiger partial charge on any atom is -0.462 e.